The summed E-state index contributed by atoms with van der Waals surface area (Å²) >= 11 is 0. The van der Waals surface area contributed by atoms with E-state index in [9.17, 15) is 8.42 Å². The van der Waals surface area contributed by atoms with Crippen molar-refractivity contribution in [1.82, 2.24) is 4.31 Å². The molecule has 1 fully saturated rings. The van der Waals surface area contributed by atoms with Crippen LogP contribution in [-0.4, -0.2) is 31.1 Å². The molecule has 1 aliphatic heterocycles. The molecule has 4 heteroatoms. The first-order chi connectivity index (χ1) is 5.97. The summed E-state index contributed by atoms with van der Waals surface area (Å²) in [6, 6.07) is -0.0556. The van der Waals surface area contributed by atoms with Crippen molar-refractivity contribution >= 4 is 10.0 Å². The number of terminal acetylenes is 1. The van der Waals surface area contributed by atoms with Gasteiger partial charge in [-0.1, -0.05) is 6.92 Å². The van der Waals surface area contributed by atoms with E-state index in [1.807, 2.05) is 13.8 Å². The van der Waals surface area contributed by atoms with E-state index < -0.39 is 10.0 Å². The van der Waals surface area contributed by atoms with Crippen LogP contribution in [0.15, 0.2) is 0 Å². The number of hydrogen-bond acceptors (Lipinski definition) is 2. The Morgan fingerprint density at radius 3 is 2.69 bits per heavy atom. The fourth-order valence-corrected chi connectivity index (χ4v) is 3.78. The van der Waals surface area contributed by atoms with E-state index in [2.05, 4.69) is 5.92 Å². The van der Waals surface area contributed by atoms with Crippen LogP contribution in [0.5, 0.6) is 0 Å². The molecule has 1 rings (SSSR count). The third-order valence-electron chi connectivity index (χ3n) is 2.25. The molecule has 1 aliphatic rings. The van der Waals surface area contributed by atoms with E-state index in [0.29, 0.717) is 13.0 Å². The molecule has 0 aliphatic carbocycles. The van der Waals surface area contributed by atoms with Gasteiger partial charge in [0.1, 0.15) is 0 Å². The van der Waals surface area contributed by atoms with Crippen LogP contribution in [0.4, 0.5) is 0 Å². The van der Waals surface area contributed by atoms with Crippen LogP contribution in [0.1, 0.15) is 20.3 Å². The summed E-state index contributed by atoms with van der Waals surface area (Å²) < 4.78 is 24.6. The van der Waals surface area contributed by atoms with Crippen LogP contribution < -0.4 is 0 Å². The van der Waals surface area contributed by atoms with E-state index in [1.165, 1.54) is 4.31 Å². The monoisotopic (exact) mass is 201 g/mol. The topological polar surface area (TPSA) is 37.4 Å². The van der Waals surface area contributed by atoms with Crippen molar-refractivity contribution in [3.63, 3.8) is 0 Å². The molecule has 1 heterocycles. The third kappa shape index (κ3) is 2.23. The standard InChI is InChI=1S/C9H15NO2S/c1-4-5-9(3)10-6-8(2)7-13(10,11)12/h1,8-9H,5-7H2,2-3H3. The molecule has 74 valence electrons. The van der Waals surface area contributed by atoms with Gasteiger partial charge in [0.2, 0.25) is 10.0 Å². The van der Waals surface area contributed by atoms with E-state index in [1.54, 1.807) is 0 Å². The highest BCUT2D eigenvalue weighted by atomic mass is 32.2. The molecular weight excluding hydrogens is 186 g/mol. The van der Waals surface area contributed by atoms with Gasteiger partial charge in [0, 0.05) is 19.0 Å². The molecule has 2 unspecified atom stereocenters. The average Bonchev–Trinajstić information content (AvgIpc) is 2.24. The van der Waals surface area contributed by atoms with Crippen LogP contribution in [0, 0.1) is 18.3 Å². The van der Waals surface area contributed by atoms with Crippen LogP contribution in [0.25, 0.3) is 0 Å². The van der Waals surface area contributed by atoms with Gasteiger partial charge in [0.25, 0.3) is 0 Å². The van der Waals surface area contributed by atoms with Crippen molar-refractivity contribution in [3.8, 4) is 12.3 Å². The van der Waals surface area contributed by atoms with Gasteiger partial charge in [-0.2, -0.15) is 4.31 Å². The first-order valence-electron chi connectivity index (χ1n) is 4.40. The Labute approximate surface area is 80.2 Å². The fourth-order valence-electron chi connectivity index (χ4n) is 1.66. The minimum atomic E-state index is -3.02. The zero-order valence-electron chi connectivity index (χ0n) is 8.03. The summed E-state index contributed by atoms with van der Waals surface area (Å²) in [7, 11) is -3.02. The Kier molecular flexibility index (Phi) is 2.99. The van der Waals surface area contributed by atoms with Gasteiger partial charge in [-0.25, -0.2) is 8.42 Å². The molecule has 13 heavy (non-hydrogen) atoms. The summed E-state index contributed by atoms with van der Waals surface area (Å²) in [5.74, 6) is 2.98. The number of hydrogen-bond donors (Lipinski definition) is 0. The van der Waals surface area contributed by atoms with Crippen molar-refractivity contribution in [2.75, 3.05) is 12.3 Å². The van der Waals surface area contributed by atoms with Gasteiger partial charge < -0.3 is 0 Å². The summed E-state index contributed by atoms with van der Waals surface area (Å²) in [5.41, 5.74) is 0. The Balaban J connectivity index is 2.77. The number of rotatable bonds is 2. The maximum Gasteiger partial charge on any atom is 0.214 e. The predicted molar refractivity (Wildman–Crippen MR) is 52.6 cm³/mol. The molecule has 0 aromatic heterocycles. The van der Waals surface area contributed by atoms with Crippen molar-refractivity contribution in [2.45, 2.75) is 26.3 Å². The molecule has 0 amide bonds. The lowest BCUT2D eigenvalue weighted by Gasteiger charge is -2.20. The molecule has 0 radical (unpaired) electrons. The van der Waals surface area contributed by atoms with Crippen molar-refractivity contribution in [1.29, 1.82) is 0 Å². The van der Waals surface area contributed by atoms with Crippen LogP contribution in [-0.2, 0) is 10.0 Å². The van der Waals surface area contributed by atoms with Crippen molar-refractivity contribution in [2.24, 2.45) is 5.92 Å². The second-order valence-electron chi connectivity index (χ2n) is 3.71. The summed E-state index contributed by atoms with van der Waals surface area (Å²) in [4.78, 5) is 0. The van der Waals surface area contributed by atoms with Gasteiger partial charge in [0.15, 0.2) is 0 Å². The number of sulfonamides is 1. The minimum absolute atomic E-state index is 0.0556. The normalized spacial score (nSPS) is 29.8. The SMILES string of the molecule is C#CCC(C)N1CC(C)CS1(=O)=O. The van der Waals surface area contributed by atoms with Crippen LogP contribution in [0.3, 0.4) is 0 Å². The van der Waals surface area contributed by atoms with Crippen molar-refractivity contribution in [3.05, 3.63) is 0 Å². The summed E-state index contributed by atoms with van der Waals surface area (Å²) in [6.45, 7) is 4.42. The average molecular weight is 201 g/mol. The van der Waals surface area contributed by atoms with E-state index in [4.69, 9.17) is 6.42 Å². The van der Waals surface area contributed by atoms with E-state index >= 15 is 0 Å². The lowest BCUT2D eigenvalue weighted by Crippen LogP contribution is -2.34. The predicted octanol–water partition coefficient (Wildman–Crippen LogP) is 0.680. The van der Waals surface area contributed by atoms with Crippen LogP contribution >= 0.6 is 0 Å². The van der Waals surface area contributed by atoms with Gasteiger partial charge in [0.05, 0.1) is 5.75 Å². The van der Waals surface area contributed by atoms with E-state index in [0.717, 1.165) is 0 Å². The van der Waals surface area contributed by atoms with Gasteiger partial charge >= 0.3 is 0 Å². The van der Waals surface area contributed by atoms with E-state index in [-0.39, 0.29) is 17.7 Å². The molecule has 0 aromatic rings. The lowest BCUT2D eigenvalue weighted by atomic mass is 10.2. The maximum absolute atomic E-state index is 11.5. The highest BCUT2D eigenvalue weighted by Crippen LogP contribution is 2.22. The minimum Gasteiger partial charge on any atom is -0.212 e. The molecule has 0 N–H and O–H groups in total. The third-order valence-corrected chi connectivity index (χ3v) is 4.46. The Morgan fingerprint density at radius 1 is 1.69 bits per heavy atom. The largest absolute Gasteiger partial charge is 0.214 e. The number of nitrogens with zero attached hydrogens (tertiary/aromatic N) is 1. The molecule has 0 spiro atoms. The van der Waals surface area contributed by atoms with Gasteiger partial charge in [-0.15, -0.1) is 12.3 Å². The second kappa shape index (κ2) is 3.69. The van der Waals surface area contributed by atoms with Crippen molar-refractivity contribution < 1.29 is 8.42 Å². The molecule has 0 aromatic carbocycles. The quantitative estimate of drug-likeness (QED) is 0.616. The second-order valence-corrected chi connectivity index (χ2v) is 5.68. The van der Waals surface area contributed by atoms with Gasteiger partial charge in [-0.3, -0.25) is 0 Å². The summed E-state index contributed by atoms with van der Waals surface area (Å²) in [5, 5.41) is 0. The zero-order valence-corrected chi connectivity index (χ0v) is 8.84. The Bertz CT molecular complexity index is 315. The fraction of sp³-hybridized carbons (Fsp3) is 0.778. The molecule has 3 nitrogen and oxygen atoms in total. The highest BCUT2D eigenvalue weighted by Gasteiger charge is 2.36. The molecule has 1 saturated heterocycles. The Morgan fingerprint density at radius 2 is 2.31 bits per heavy atom. The molecular formula is C9H15NO2S. The maximum atomic E-state index is 11.5. The molecule has 2 atom stereocenters. The highest BCUT2D eigenvalue weighted by molar-refractivity contribution is 7.89. The molecule has 0 saturated carbocycles. The van der Waals surface area contributed by atoms with Crippen LogP contribution in [0.2, 0.25) is 0 Å². The van der Waals surface area contributed by atoms with Gasteiger partial charge in [-0.05, 0) is 12.8 Å². The zero-order chi connectivity index (χ0) is 10.1. The first kappa shape index (κ1) is 10.6. The smallest absolute Gasteiger partial charge is 0.212 e. The Hall–Kier alpha value is -0.530. The molecule has 0 bridgehead atoms. The summed E-state index contributed by atoms with van der Waals surface area (Å²) in [6.07, 6.45) is 5.64. The lowest BCUT2D eigenvalue weighted by molar-refractivity contribution is 0.343. The first-order valence-corrected chi connectivity index (χ1v) is 6.01.